The molecule has 1 fully saturated rings. The van der Waals surface area contributed by atoms with Gasteiger partial charge in [0.2, 0.25) is 5.91 Å². The van der Waals surface area contributed by atoms with Crippen LogP contribution in [0.25, 0.3) is 5.57 Å². The summed E-state index contributed by atoms with van der Waals surface area (Å²) in [5.41, 5.74) is 1.67. The summed E-state index contributed by atoms with van der Waals surface area (Å²) in [4.78, 5) is 37.0. The van der Waals surface area contributed by atoms with Gasteiger partial charge >= 0.3 is 35.5 Å². The maximum absolute atomic E-state index is 12.2. The number of carbonyl (C=O) groups is 3. The van der Waals surface area contributed by atoms with Gasteiger partial charge in [-0.25, -0.2) is 4.79 Å². The Balaban J connectivity index is 0.00000243. The first-order chi connectivity index (χ1) is 11.9. The number of nitrogens with zero attached hydrogens (tertiary/aromatic N) is 1. The van der Waals surface area contributed by atoms with Crippen LogP contribution in [0.2, 0.25) is 0 Å². The summed E-state index contributed by atoms with van der Waals surface area (Å²) in [6.07, 6.45) is -0.438. The van der Waals surface area contributed by atoms with Crippen LogP contribution in [-0.4, -0.2) is 81.1 Å². The molecular formula is C18H21N2NaO5. The van der Waals surface area contributed by atoms with Gasteiger partial charge in [-0.05, 0) is 43.5 Å². The standard InChI is InChI=1S/C18H20N2O5.Na.H/c1-3-19-16(22)11-6-4-10(5-7-11)12-8-13-14(9(2)21)17(23)20(13)15(12)18(24)25;;/h4-7,9,13-14,21H,3,8H2,1-2H3,(H,19,22)(H,24,25);;/t9-,13-,14-;;/m1../s1. The molecule has 1 saturated heterocycles. The van der Waals surface area contributed by atoms with Crippen molar-refractivity contribution >= 4 is 52.9 Å². The summed E-state index contributed by atoms with van der Waals surface area (Å²) in [5.74, 6) is -2.28. The molecule has 1 aromatic rings. The number of aliphatic hydroxyl groups excluding tert-OH is 1. The van der Waals surface area contributed by atoms with Crippen molar-refractivity contribution < 1.29 is 24.6 Å². The van der Waals surface area contributed by atoms with Crippen molar-refractivity contribution in [3.8, 4) is 0 Å². The van der Waals surface area contributed by atoms with E-state index in [0.717, 1.165) is 0 Å². The molecule has 7 nitrogen and oxygen atoms in total. The van der Waals surface area contributed by atoms with Crippen molar-refractivity contribution in [2.24, 2.45) is 5.92 Å². The zero-order chi connectivity index (χ0) is 18.3. The number of aliphatic hydroxyl groups is 1. The molecule has 2 aliphatic rings. The third kappa shape index (κ3) is 3.32. The molecule has 2 amide bonds. The average Bonchev–Trinajstić information content (AvgIpc) is 2.90. The molecule has 3 rings (SSSR count). The van der Waals surface area contributed by atoms with E-state index in [1.54, 1.807) is 31.2 Å². The fourth-order valence-corrected chi connectivity index (χ4v) is 3.61. The van der Waals surface area contributed by atoms with Crippen LogP contribution in [0.5, 0.6) is 0 Å². The van der Waals surface area contributed by atoms with Crippen LogP contribution >= 0.6 is 0 Å². The van der Waals surface area contributed by atoms with Crippen LogP contribution in [0, 0.1) is 5.92 Å². The van der Waals surface area contributed by atoms with Crippen LogP contribution in [0.3, 0.4) is 0 Å². The first-order valence-electron chi connectivity index (χ1n) is 8.23. The van der Waals surface area contributed by atoms with Crippen molar-refractivity contribution in [2.75, 3.05) is 6.54 Å². The van der Waals surface area contributed by atoms with E-state index in [4.69, 9.17) is 0 Å². The van der Waals surface area contributed by atoms with Gasteiger partial charge < -0.3 is 20.4 Å². The number of nitrogens with one attached hydrogen (secondary N) is 1. The second-order valence-electron chi connectivity index (χ2n) is 6.32. The Kier molecular flexibility index (Phi) is 6.29. The number of rotatable bonds is 5. The molecular weight excluding hydrogens is 347 g/mol. The molecule has 0 spiro atoms. The van der Waals surface area contributed by atoms with E-state index >= 15 is 0 Å². The van der Waals surface area contributed by atoms with Crippen LogP contribution < -0.4 is 5.32 Å². The predicted molar refractivity (Wildman–Crippen MR) is 96.6 cm³/mol. The number of carboxylic acid groups (broad SMARTS) is 1. The van der Waals surface area contributed by atoms with E-state index in [9.17, 15) is 24.6 Å². The van der Waals surface area contributed by atoms with E-state index in [0.29, 0.717) is 29.7 Å². The first-order valence-corrected chi connectivity index (χ1v) is 8.23. The van der Waals surface area contributed by atoms with Gasteiger partial charge in [0, 0.05) is 12.1 Å². The van der Waals surface area contributed by atoms with E-state index in [2.05, 4.69) is 5.32 Å². The zero-order valence-electron chi connectivity index (χ0n) is 14.0. The number of fused-ring (bicyclic) bond motifs is 1. The molecule has 0 radical (unpaired) electrons. The minimum absolute atomic E-state index is 0. The molecule has 0 saturated carbocycles. The predicted octanol–water partition coefficient (Wildman–Crippen LogP) is 0.195. The van der Waals surface area contributed by atoms with Crippen LogP contribution in [0.15, 0.2) is 30.0 Å². The second-order valence-corrected chi connectivity index (χ2v) is 6.32. The minimum atomic E-state index is -1.16. The number of hydrogen-bond donors (Lipinski definition) is 3. The van der Waals surface area contributed by atoms with Crippen molar-refractivity contribution in [1.29, 1.82) is 0 Å². The van der Waals surface area contributed by atoms with Crippen LogP contribution in [-0.2, 0) is 9.59 Å². The molecule has 3 N–H and O–H groups in total. The van der Waals surface area contributed by atoms with Gasteiger partial charge in [-0.1, -0.05) is 12.1 Å². The molecule has 0 aliphatic carbocycles. The molecule has 0 aromatic heterocycles. The fourth-order valence-electron chi connectivity index (χ4n) is 3.61. The van der Waals surface area contributed by atoms with Crippen LogP contribution in [0.1, 0.15) is 36.2 Å². The normalized spacial score (nSPS) is 22.3. The number of carbonyl (C=O) groups excluding carboxylic acids is 2. The summed E-state index contributed by atoms with van der Waals surface area (Å²) in [6, 6.07) is 6.33. The Morgan fingerprint density at radius 3 is 2.42 bits per heavy atom. The number of hydrogen-bond acceptors (Lipinski definition) is 4. The third-order valence-corrected chi connectivity index (χ3v) is 4.76. The summed E-state index contributed by atoms with van der Waals surface area (Å²) >= 11 is 0. The summed E-state index contributed by atoms with van der Waals surface area (Å²) in [7, 11) is 0. The zero-order valence-corrected chi connectivity index (χ0v) is 14.0. The summed E-state index contributed by atoms with van der Waals surface area (Å²) in [6.45, 7) is 3.89. The van der Waals surface area contributed by atoms with Crippen molar-refractivity contribution in [3.63, 3.8) is 0 Å². The number of aliphatic carboxylic acids is 1. The maximum atomic E-state index is 12.2. The van der Waals surface area contributed by atoms with Gasteiger partial charge in [0.15, 0.2) is 0 Å². The van der Waals surface area contributed by atoms with E-state index in [-0.39, 0.29) is 53.1 Å². The fraction of sp³-hybridized carbons (Fsp3) is 0.389. The van der Waals surface area contributed by atoms with E-state index in [1.165, 1.54) is 4.90 Å². The average molecular weight is 368 g/mol. The molecule has 3 atom stereocenters. The van der Waals surface area contributed by atoms with Crippen molar-refractivity contribution in [3.05, 3.63) is 41.1 Å². The Morgan fingerprint density at radius 2 is 1.92 bits per heavy atom. The van der Waals surface area contributed by atoms with Gasteiger partial charge in [0.25, 0.3) is 5.91 Å². The quantitative estimate of drug-likeness (QED) is 0.508. The van der Waals surface area contributed by atoms with Crippen molar-refractivity contribution in [1.82, 2.24) is 10.2 Å². The SMILES string of the molecule is CCNC(=O)c1ccc(C2=C(C(=O)O)N3C(=O)[C@H]([C@@H](C)O)[C@H]3C2)cc1.[NaH]. The molecule has 2 aliphatic heterocycles. The van der Waals surface area contributed by atoms with Gasteiger partial charge in [-0.3, -0.25) is 9.59 Å². The number of β-lactam (4-membered cyclic amide) rings is 1. The number of carboxylic acids is 1. The van der Waals surface area contributed by atoms with E-state index < -0.39 is 18.0 Å². The monoisotopic (exact) mass is 368 g/mol. The molecule has 0 bridgehead atoms. The second kappa shape index (κ2) is 7.92. The Labute approximate surface area is 173 Å². The molecule has 1 aromatic carbocycles. The first kappa shape index (κ1) is 20.6. The Morgan fingerprint density at radius 1 is 1.31 bits per heavy atom. The van der Waals surface area contributed by atoms with Gasteiger partial charge in [0.05, 0.1) is 18.1 Å². The van der Waals surface area contributed by atoms with Crippen LogP contribution in [0.4, 0.5) is 0 Å². The molecule has 134 valence electrons. The van der Waals surface area contributed by atoms with Crippen molar-refractivity contribution in [2.45, 2.75) is 32.4 Å². The molecule has 2 heterocycles. The summed E-state index contributed by atoms with van der Waals surface area (Å²) < 4.78 is 0. The van der Waals surface area contributed by atoms with Gasteiger partial charge in [0.1, 0.15) is 5.70 Å². The topological polar surface area (TPSA) is 107 Å². The molecule has 26 heavy (non-hydrogen) atoms. The third-order valence-electron chi connectivity index (χ3n) is 4.76. The summed E-state index contributed by atoms with van der Waals surface area (Å²) in [5, 5.41) is 22.0. The van der Waals surface area contributed by atoms with Gasteiger partial charge in [-0.15, -0.1) is 0 Å². The molecule has 0 unspecified atom stereocenters. The Hall–Kier alpha value is -1.67. The molecule has 8 heteroatoms. The van der Waals surface area contributed by atoms with Gasteiger partial charge in [-0.2, -0.15) is 0 Å². The van der Waals surface area contributed by atoms with E-state index in [1.807, 2.05) is 6.92 Å². The number of benzene rings is 1. The Bertz CT molecular complexity index is 772. The number of amides is 2.